The van der Waals surface area contributed by atoms with E-state index in [-0.39, 0.29) is 56.1 Å². The van der Waals surface area contributed by atoms with Crippen molar-refractivity contribution < 1.29 is 68.9 Å². The summed E-state index contributed by atoms with van der Waals surface area (Å²) < 4.78 is 0. The molecule has 0 N–H and O–H groups in total. The Bertz CT molecular complexity index is 8.00. The fraction of sp³-hybridized carbons (Fsp3) is 0. The van der Waals surface area contributed by atoms with Gasteiger partial charge in [0.15, 0.2) is 0 Å². The molecule has 4 heavy (non-hydrogen) atoms. The number of hydrogen-bond acceptors (Lipinski definition) is 0. The molecule has 0 aromatic rings. The zero-order valence-electron chi connectivity index (χ0n) is 2.06. The SMILES string of the molecule is [Cu][I].[F-].[K+]. The van der Waals surface area contributed by atoms with Gasteiger partial charge < -0.3 is 4.70 Å². The van der Waals surface area contributed by atoms with Gasteiger partial charge in [0, 0.05) is 0 Å². The van der Waals surface area contributed by atoms with Crippen LogP contribution in [-0.2, 0) is 12.8 Å². The average Bonchev–Trinajstić information content (AvgIpc) is 1.00. The van der Waals surface area contributed by atoms with Crippen molar-refractivity contribution in [2.24, 2.45) is 0 Å². The molecule has 0 aromatic heterocycles. The van der Waals surface area contributed by atoms with Crippen LogP contribution >= 0.6 is 20.3 Å². The summed E-state index contributed by atoms with van der Waals surface area (Å²) in [5, 5.41) is 0. The van der Waals surface area contributed by atoms with E-state index in [1.807, 2.05) is 0 Å². The number of rotatable bonds is 0. The van der Waals surface area contributed by atoms with Crippen LogP contribution in [0.5, 0.6) is 0 Å². The van der Waals surface area contributed by atoms with Gasteiger partial charge in [-0.15, -0.1) is 0 Å². The van der Waals surface area contributed by atoms with Crippen LogP contribution in [0, 0.1) is 0 Å². The largest absolute Gasteiger partial charge is 1.00 e. The normalized spacial score (nSPS) is 1.75. The topological polar surface area (TPSA) is 0 Å². The molecule has 0 aromatic carbocycles. The molecule has 0 atom stereocenters. The maximum atomic E-state index is 4.16. The van der Waals surface area contributed by atoms with E-state index in [0.717, 1.165) is 0 Å². The van der Waals surface area contributed by atoms with E-state index in [1.165, 1.54) is 0 Å². The third-order valence-corrected chi connectivity index (χ3v) is 0. The van der Waals surface area contributed by atoms with Crippen LogP contribution in [0.2, 0.25) is 0 Å². The van der Waals surface area contributed by atoms with E-state index >= 15 is 0 Å². The summed E-state index contributed by atoms with van der Waals surface area (Å²) in [7, 11) is 0. The monoisotopic (exact) mass is 248 g/mol. The van der Waals surface area contributed by atoms with Gasteiger partial charge in [0.2, 0.25) is 0 Å². The molecule has 0 aliphatic heterocycles. The quantitative estimate of drug-likeness (QED) is 0.297. The first-order valence-electron chi connectivity index (χ1n) is 0.114. The van der Waals surface area contributed by atoms with Crippen molar-refractivity contribution in [3.8, 4) is 0 Å². The molecule has 26 valence electrons. The van der Waals surface area contributed by atoms with Gasteiger partial charge in [0.25, 0.3) is 0 Å². The van der Waals surface area contributed by atoms with Crippen LogP contribution in [-0.4, -0.2) is 0 Å². The molecule has 0 spiro atoms. The molecule has 0 heterocycles. The van der Waals surface area contributed by atoms with Crippen molar-refractivity contribution in [2.75, 3.05) is 0 Å². The second-order valence-corrected chi connectivity index (χ2v) is 0. The van der Waals surface area contributed by atoms with Crippen molar-refractivity contribution in [1.82, 2.24) is 0 Å². The minimum atomic E-state index is 0. The fourth-order valence-corrected chi connectivity index (χ4v) is 0. The Morgan fingerprint density at radius 3 is 1.25 bits per heavy atom. The summed E-state index contributed by atoms with van der Waals surface area (Å²) in [5.41, 5.74) is 0. The number of halogens is 2. The van der Waals surface area contributed by atoms with Crippen LogP contribution < -0.4 is 56.1 Å². The zero-order valence-corrected chi connectivity index (χ0v) is 8.28. The van der Waals surface area contributed by atoms with Crippen LogP contribution in [0.4, 0.5) is 0 Å². The molecule has 0 aliphatic rings. The predicted molar refractivity (Wildman–Crippen MR) is 14.0 cm³/mol. The van der Waals surface area contributed by atoms with Crippen molar-refractivity contribution in [3.63, 3.8) is 0 Å². The Hall–Kier alpha value is 2.82. The van der Waals surface area contributed by atoms with Crippen molar-refractivity contribution >= 4 is 20.3 Å². The van der Waals surface area contributed by atoms with Gasteiger partial charge >= 0.3 is 84.5 Å². The minimum Gasteiger partial charge on any atom is -1.00 e. The minimum absolute atomic E-state index is 0. The average molecular weight is 249 g/mol. The van der Waals surface area contributed by atoms with Crippen LogP contribution in [0.25, 0.3) is 0 Å². The van der Waals surface area contributed by atoms with Crippen molar-refractivity contribution in [2.45, 2.75) is 0 Å². The first-order chi connectivity index (χ1) is 1.00. The summed E-state index contributed by atoms with van der Waals surface area (Å²) >= 11 is 5.87. The second kappa shape index (κ2) is 17.0. The maximum Gasteiger partial charge on any atom is 1.00 e. The first-order valence-corrected chi connectivity index (χ1v) is 3.15. The third-order valence-electron chi connectivity index (χ3n) is 0. The summed E-state index contributed by atoms with van der Waals surface area (Å²) in [6.07, 6.45) is 0. The summed E-state index contributed by atoms with van der Waals surface area (Å²) in [5.74, 6) is 0. The predicted octanol–water partition coefficient (Wildman–Crippen LogP) is -5.11. The maximum absolute atomic E-state index is 4.16. The Balaban J connectivity index is -0.00000000500. The first kappa shape index (κ1) is 15.8. The van der Waals surface area contributed by atoms with Crippen LogP contribution in [0.3, 0.4) is 0 Å². The molecule has 0 unspecified atom stereocenters. The van der Waals surface area contributed by atoms with E-state index < -0.39 is 0 Å². The summed E-state index contributed by atoms with van der Waals surface area (Å²) in [4.78, 5) is 0. The Morgan fingerprint density at radius 1 is 1.25 bits per heavy atom. The smallest absolute Gasteiger partial charge is 1.00 e. The fourth-order valence-electron chi connectivity index (χ4n) is 0. The van der Waals surface area contributed by atoms with E-state index in [2.05, 4.69) is 12.8 Å². The third kappa shape index (κ3) is 8.84. The zero-order chi connectivity index (χ0) is 2.00. The molecular weight excluding hydrogens is 249 g/mol. The van der Waals surface area contributed by atoms with E-state index in [0.29, 0.717) is 0 Å². The molecular formula is CuFIK. The van der Waals surface area contributed by atoms with Crippen molar-refractivity contribution in [3.05, 3.63) is 0 Å². The van der Waals surface area contributed by atoms with Crippen LogP contribution in [0.15, 0.2) is 0 Å². The van der Waals surface area contributed by atoms with Gasteiger partial charge in [-0.25, -0.2) is 0 Å². The van der Waals surface area contributed by atoms with Crippen molar-refractivity contribution in [1.29, 1.82) is 0 Å². The summed E-state index contributed by atoms with van der Waals surface area (Å²) in [6, 6.07) is 0. The Morgan fingerprint density at radius 2 is 1.25 bits per heavy atom. The molecule has 0 bridgehead atoms. The van der Waals surface area contributed by atoms with Gasteiger partial charge in [-0.2, -0.15) is 0 Å². The van der Waals surface area contributed by atoms with Gasteiger partial charge in [0.05, 0.1) is 0 Å². The van der Waals surface area contributed by atoms with Gasteiger partial charge in [-0.1, -0.05) is 0 Å². The summed E-state index contributed by atoms with van der Waals surface area (Å²) in [6.45, 7) is 0. The Kier molecular flexibility index (Phi) is 67.3. The molecule has 4 heteroatoms. The number of hydrogen-bond donors (Lipinski definition) is 0. The Labute approximate surface area is 86.8 Å². The van der Waals surface area contributed by atoms with E-state index in [4.69, 9.17) is 0 Å². The van der Waals surface area contributed by atoms with Gasteiger partial charge in [0.1, 0.15) is 0 Å². The molecule has 0 amide bonds. The second-order valence-electron chi connectivity index (χ2n) is 0. The van der Waals surface area contributed by atoms with Crippen LogP contribution in [0.1, 0.15) is 0 Å². The molecule has 0 aliphatic carbocycles. The van der Waals surface area contributed by atoms with E-state index in [9.17, 15) is 0 Å². The molecule has 0 saturated carbocycles. The molecule has 0 radical (unpaired) electrons. The molecule has 0 nitrogen and oxygen atoms in total. The van der Waals surface area contributed by atoms with Gasteiger partial charge in [-0.3, -0.25) is 0 Å². The van der Waals surface area contributed by atoms with E-state index in [1.54, 1.807) is 20.3 Å². The standard InChI is InChI=1S/Cu.FH.HI.K/h;2*1H;/q+1;;;+1/p-2. The molecule has 0 rings (SSSR count). The molecule has 0 saturated heterocycles. The van der Waals surface area contributed by atoms with Gasteiger partial charge in [-0.05, 0) is 0 Å². The molecule has 0 fully saturated rings.